The van der Waals surface area contributed by atoms with Gasteiger partial charge in [0.2, 0.25) is 5.91 Å². The van der Waals surface area contributed by atoms with E-state index < -0.39 is 0 Å². The highest BCUT2D eigenvalue weighted by atomic mass is 16.1. The van der Waals surface area contributed by atoms with Crippen molar-refractivity contribution in [2.24, 2.45) is 17.8 Å². The second-order valence-corrected chi connectivity index (χ2v) is 10.3. The third kappa shape index (κ3) is 3.58. The van der Waals surface area contributed by atoms with Gasteiger partial charge in [-0.05, 0) is 101 Å². The summed E-state index contributed by atoms with van der Waals surface area (Å²) in [6.07, 6.45) is 8.96. The van der Waals surface area contributed by atoms with E-state index >= 15 is 0 Å². The van der Waals surface area contributed by atoms with Crippen LogP contribution in [-0.2, 0) is 4.79 Å². The Kier molecular flexibility index (Phi) is 5.09. The molecular formula is C25H37N3O. The van der Waals surface area contributed by atoms with Crippen molar-refractivity contribution in [2.45, 2.75) is 77.8 Å². The second kappa shape index (κ2) is 7.61. The summed E-state index contributed by atoms with van der Waals surface area (Å²) in [6, 6.07) is 5.83. The summed E-state index contributed by atoms with van der Waals surface area (Å²) in [7, 11) is 0. The molecule has 0 aromatic heterocycles. The number of likely N-dealkylation sites (tertiary alicyclic amines) is 1. The molecule has 4 aliphatic rings. The number of nitrogens with one attached hydrogen (secondary N) is 1. The Morgan fingerprint density at radius 3 is 2.45 bits per heavy atom. The minimum atomic E-state index is 0.246. The van der Waals surface area contributed by atoms with E-state index in [4.69, 9.17) is 0 Å². The van der Waals surface area contributed by atoms with Crippen molar-refractivity contribution >= 4 is 17.3 Å². The van der Waals surface area contributed by atoms with Crippen LogP contribution in [0.25, 0.3) is 0 Å². The van der Waals surface area contributed by atoms with Crippen LogP contribution in [0.4, 0.5) is 11.4 Å². The van der Waals surface area contributed by atoms with E-state index in [1.165, 1.54) is 61.9 Å². The molecule has 2 saturated heterocycles. The zero-order valence-corrected chi connectivity index (χ0v) is 18.4. The van der Waals surface area contributed by atoms with Crippen LogP contribution in [0.1, 0.15) is 63.0 Å². The molecule has 2 saturated carbocycles. The van der Waals surface area contributed by atoms with Crippen LogP contribution in [0.3, 0.4) is 0 Å². The van der Waals surface area contributed by atoms with Gasteiger partial charge in [-0.1, -0.05) is 6.42 Å². The number of carbonyl (C=O) groups excluding carboxylic acids is 1. The van der Waals surface area contributed by atoms with Gasteiger partial charge in [-0.15, -0.1) is 0 Å². The minimum Gasteiger partial charge on any atom is -0.369 e. The Hall–Kier alpha value is -1.55. The Balaban J connectivity index is 1.27. The zero-order valence-electron chi connectivity index (χ0n) is 18.4. The molecule has 4 heteroatoms. The van der Waals surface area contributed by atoms with Crippen LogP contribution in [0.15, 0.2) is 12.1 Å². The monoisotopic (exact) mass is 395 g/mol. The van der Waals surface area contributed by atoms with Crippen molar-refractivity contribution in [1.29, 1.82) is 0 Å². The van der Waals surface area contributed by atoms with Gasteiger partial charge in [0.05, 0.1) is 0 Å². The number of benzene rings is 1. The van der Waals surface area contributed by atoms with Gasteiger partial charge >= 0.3 is 0 Å². The van der Waals surface area contributed by atoms with Gasteiger partial charge in [0.25, 0.3) is 0 Å². The average Bonchev–Trinajstić information content (AvgIpc) is 3.45. The van der Waals surface area contributed by atoms with E-state index in [9.17, 15) is 4.79 Å². The number of nitrogens with zero attached hydrogens (tertiary/aromatic N) is 2. The Bertz CT molecular complexity index is 767. The summed E-state index contributed by atoms with van der Waals surface area (Å²) in [5, 5.41) is 3.26. The first-order valence-corrected chi connectivity index (χ1v) is 11.9. The van der Waals surface area contributed by atoms with Crippen molar-refractivity contribution < 1.29 is 4.79 Å². The molecule has 4 nitrogen and oxygen atoms in total. The van der Waals surface area contributed by atoms with Gasteiger partial charge in [0.15, 0.2) is 0 Å². The average molecular weight is 396 g/mol. The number of carbonyl (C=O) groups is 1. The van der Waals surface area contributed by atoms with Gasteiger partial charge < -0.3 is 10.2 Å². The molecule has 2 heterocycles. The van der Waals surface area contributed by atoms with E-state index in [2.05, 4.69) is 48.0 Å². The molecule has 2 aliphatic heterocycles. The van der Waals surface area contributed by atoms with Crippen LogP contribution >= 0.6 is 0 Å². The highest BCUT2D eigenvalue weighted by molar-refractivity contribution is 5.93. The van der Waals surface area contributed by atoms with E-state index in [0.29, 0.717) is 12.0 Å². The number of amides is 1. The number of anilines is 2. The van der Waals surface area contributed by atoms with E-state index in [0.717, 1.165) is 37.2 Å². The van der Waals surface area contributed by atoms with E-state index in [-0.39, 0.29) is 11.8 Å². The highest BCUT2D eigenvalue weighted by Crippen LogP contribution is 2.48. The van der Waals surface area contributed by atoms with E-state index in [1.807, 2.05) is 0 Å². The maximum atomic E-state index is 12.9. The van der Waals surface area contributed by atoms with Crippen molar-refractivity contribution in [1.82, 2.24) is 4.90 Å². The summed E-state index contributed by atoms with van der Waals surface area (Å²) < 4.78 is 0. The number of rotatable bonds is 4. The molecule has 0 spiro atoms. The molecule has 5 atom stereocenters. The Labute approximate surface area is 176 Å². The predicted octanol–water partition coefficient (Wildman–Crippen LogP) is 4.74. The van der Waals surface area contributed by atoms with Crippen molar-refractivity contribution in [3.8, 4) is 0 Å². The maximum Gasteiger partial charge on any atom is 0.227 e. The molecule has 0 radical (unpaired) electrons. The SMILES string of the molecule is Cc1cc(NC(=O)C2C[C@@H]3CC[C@H]2C3)cc(C)c1N1CCC(N2CCCC2C)C1. The molecule has 2 bridgehead atoms. The van der Waals surface area contributed by atoms with Crippen molar-refractivity contribution in [2.75, 3.05) is 29.9 Å². The summed E-state index contributed by atoms with van der Waals surface area (Å²) in [6.45, 7) is 10.4. The van der Waals surface area contributed by atoms with Crippen LogP contribution in [0.5, 0.6) is 0 Å². The van der Waals surface area contributed by atoms with Gasteiger partial charge in [-0.2, -0.15) is 0 Å². The molecule has 1 N–H and O–H groups in total. The molecular weight excluding hydrogens is 358 g/mol. The number of hydrogen-bond acceptors (Lipinski definition) is 3. The van der Waals surface area contributed by atoms with Crippen LogP contribution in [0, 0.1) is 31.6 Å². The van der Waals surface area contributed by atoms with Crippen LogP contribution in [0.2, 0.25) is 0 Å². The number of hydrogen-bond donors (Lipinski definition) is 1. The molecule has 5 rings (SSSR count). The topological polar surface area (TPSA) is 35.6 Å². The van der Waals surface area contributed by atoms with Gasteiger partial charge in [-0.25, -0.2) is 0 Å². The third-order valence-electron chi connectivity index (χ3n) is 8.39. The minimum absolute atomic E-state index is 0.246. The fourth-order valence-electron chi connectivity index (χ4n) is 7.04. The molecule has 2 aliphatic carbocycles. The number of aryl methyl sites for hydroxylation is 2. The fourth-order valence-corrected chi connectivity index (χ4v) is 7.04. The van der Waals surface area contributed by atoms with Crippen LogP contribution < -0.4 is 10.2 Å². The molecule has 3 unspecified atom stereocenters. The Morgan fingerprint density at radius 1 is 1.03 bits per heavy atom. The standard InChI is InChI=1S/C25H37N3O/c1-16-11-21(26-25(29)23-14-19-6-7-20(23)13-19)12-17(2)24(16)27-10-8-22(15-27)28-9-4-5-18(28)3/h11-12,18-20,22-23H,4-10,13-15H2,1-3H3,(H,26,29)/t18?,19-,20+,22?,23?/m1/s1. The van der Waals surface area contributed by atoms with Gasteiger partial charge in [0, 0.05) is 42.5 Å². The summed E-state index contributed by atoms with van der Waals surface area (Å²) in [4.78, 5) is 18.2. The molecule has 29 heavy (non-hydrogen) atoms. The lowest BCUT2D eigenvalue weighted by atomic mass is 9.88. The first-order chi connectivity index (χ1) is 14.0. The smallest absolute Gasteiger partial charge is 0.227 e. The predicted molar refractivity (Wildman–Crippen MR) is 120 cm³/mol. The molecule has 1 aromatic carbocycles. The van der Waals surface area contributed by atoms with Gasteiger partial charge in [-0.3, -0.25) is 9.69 Å². The molecule has 1 amide bonds. The quantitative estimate of drug-likeness (QED) is 0.800. The summed E-state index contributed by atoms with van der Waals surface area (Å²) in [5.74, 6) is 1.95. The summed E-state index contributed by atoms with van der Waals surface area (Å²) >= 11 is 0. The number of fused-ring (bicyclic) bond motifs is 2. The molecule has 4 fully saturated rings. The third-order valence-corrected chi connectivity index (χ3v) is 8.39. The van der Waals surface area contributed by atoms with Crippen LogP contribution in [-0.4, -0.2) is 42.5 Å². The maximum absolute atomic E-state index is 12.9. The highest BCUT2D eigenvalue weighted by Gasteiger charge is 2.43. The lowest BCUT2D eigenvalue weighted by Crippen LogP contribution is -2.39. The summed E-state index contributed by atoms with van der Waals surface area (Å²) in [5.41, 5.74) is 4.96. The van der Waals surface area contributed by atoms with Crippen molar-refractivity contribution in [3.05, 3.63) is 23.3 Å². The van der Waals surface area contributed by atoms with E-state index in [1.54, 1.807) is 0 Å². The zero-order chi connectivity index (χ0) is 20.1. The first-order valence-electron chi connectivity index (χ1n) is 11.9. The fraction of sp³-hybridized carbons (Fsp3) is 0.720. The Morgan fingerprint density at radius 2 is 1.83 bits per heavy atom. The lowest BCUT2D eigenvalue weighted by molar-refractivity contribution is -0.121. The lowest BCUT2D eigenvalue weighted by Gasteiger charge is -2.29. The molecule has 1 aromatic rings. The van der Waals surface area contributed by atoms with Gasteiger partial charge in [0.1, 0.15) is 0 Å². The molecule has 158 valence electrons. The second-order valence-electron chi connectivity index (χ2n) is 10.3. The normalized spacial score (nSPS) is 34.3. The largest absolute Gasteiger partial charge is 0.369 e. The van der Waals surface area contributed by atoms with Crippen molar-refractivity contribution in [3.63, 3.8) is 0 Å². The first kappa shape index (κ1) is 19.4.